The minimum absolute atomic E-state index is 0.262. The van der Waals surface area contributed by atoms with Crippen LogP contribution in [0.3, 0.4) is 0 Å². The summed E-state index contributed by atoms with van der Waals surface area (Å²) in [5.41, 5.74) is -0.634. The first-order valence-electron chi connectivity index (χ1n) is 3.62. The molecule has 0 aliphatic carbocycles. The lowest BCUT2D eigenvalue weighted by molar-refractivity contribution is -0.736. The SMILES string of the molecule is CO[N+](=O)c1ccc(OC(=O)Cl)cc1. The number of ether oxygens (including phenoxy) is 1. The molecule has 0 atom stereocenters. The van der Waals surface area contributed by atoms with Crippen LogP contribution in [0.1, 0.15) is 0 Å². The molecular weight excluding hydrogens is 210 g/mol. The van der Waals surface area contributed by atoms with Crippen molar-refractivity contribution < 1.29 is 19.3 Å². The summed E-state index contributed by atoms with van der Waals surface area (Å²) in [6.07, 6.45) is 0. The van der Waals surface area contributed by atoms with Crippen LogP contribution in [0.25, 0.3) is 0 Å². The van der Waals surface area contributed by atoms with E-state index >= 15 is 0 Å². The van der Waals surface area contributed by atoms with Crippen LogP contribution in [0, 0.1) is 4.91 Å². The molecule has 0 amide bonds. The quantitative estimate of drug-likeness (QED) is 0.575. The lowest BCUT2D eigenvalue weighted by atomic mass is 10.3. The Bertz CT molecular complexity index is 349. The molecule has 0 saturated carbocycles. The molecule has 0 unspecified atom stereocenters. The van der Waals surface area contributed by atoms with Crippen LogP contribution >= 0.6 is 11.6 Å². The number of carbonyl (C=O) groups is 1. The van der Waals surface area contributed by atoms with Crippen molar-refractivity contribution in [1.29, 1.82) is 0 Å². The standard InChI is InChI=1S/C8H7ClNO4/c1-13-10(12)6-2-4-7(5-3-6)14-8(9)11/h2-5H,1H3/q+1. The van der Waals surface area contributed by atoms with Gasteiger partial charge in [-0.25, -0.2) is 9.63 Å². The maximum absolute atomic E-state index is 10.9. The third kappa shape index (κ3) is 2.70. The minimum Gasteiger partial charge on any atom is -0.414 e. The first-order chi connectivity index (χ1) is 6.63. The Morgan fingerprint density at radius 2 is 1.93 bits per heavy atom. The Balaban J connectivity index is 2.78. The van der Waals surface area contributed by atoms with Crippen LogP contribution in [-0.4, -0.2) is 17.5 Å². The molecular formula is C8H7ClNO4+. The summed E-state index contributed by atoms with van der Waals surface area (Å²) < 4.78 is 4.55. The minimum atomic E-state index is -0.927. The molecule has 0 fully saturated rings. The number of carbonyl (C=O) groups excluding carboxylic acids is 1. The van der Waals surface area contributed by atoms with E-state index in [0.29, 0.717) is 10.6 Å². The molecule has 0 bridgehead atoms. The highest BCUT2D eigenvalue weighted by Crippen LogP contribution is 2.18. The fourth-order valence-electron chi connectivity index (χ4n) is 0.834. The summed E-state index contributed by atoms with van der Waals surface area (Å²) in [5, 5.41) is 0. The molecule has 1 rings (SSSR count). The van der Waals surface area contributed by atoms with Crippen LogP contribution in [-0.2, 0) is 4.84 Å². The van der Waals surface area contributed by atoms with Crippen LogP contribution in [0.2, 0.25) is 0 Å². The highest BCUT2D eigenvalue weighted by molar-refractivity contribution is 6.61. The van der Waals surface area contributed by atoms with Crippen molar-refractivity contribution in [3.05, 3.63) is 29.2 Å². The van der Waals surface area contributed by atoms with Crippen LogP contribution in [0.5, 0.6) is 5.75 Å². The molecule has 0 radical (unpaired) electrons. The first-order valence-corrected chi connectivity index (χ1v) is 4.00. The first kappa shape index (κ1) is 10.5. The third-order valence-corrected chi connectivity index (χ3v) is 1.49. The average Bonchev–Trinajstić information content (AvgIpc) is 2.17. The Kier molecular flexibility index (Phi) is 3.41. The molecule has 0 saturated heterocycles. The third-order valence-electron chi connectivity index (χ3n) is 1.41. The molecule has 0 aliphatic heterocycles. The van der Waals surface area contributed by atoms with Crippen molar-refractivity contribution >= 4 is 22.7 Å². The number of rotatable bonds is 3. The second-order valence-corrected chi connectivity index (χ2v) is 2.58. The smallest absolute Gasteiger partial charge is 0.409 e. The zero-order valence-corrected chi connectivity index (χ0v) is 8.02. The Labute approximate surface area is 84.7 Å². The molecule has 5 nitrogen and oxygen atoms in total. The Morgan fingerprint density at radius 1 is 1.36 bits per heavy atom. The van der Waals surface area contributed by atoms with Gasteiger partial charge in [0.25, 0.3) is 4.92 Å². The maximum Gasteiger partial charge on any atom is 0.409 e. The number of benzene rings is 1. The van der Waals surface area contributed by atoms with Crippen molar-refractivity contribution in [3.63, 3.8) is 0 Å². The van der Waals surface area contributed by atoms with Crippen molar-refractivity contribution in [3.8, 4) is 5.75 Å². The maximum atomic E-state index is 10.9. The van der Waals surface area contributed by atoms with Gasteiger partial charge < -0.3 is 4.74 Å². The molecule has 1 aromatic carbocycles. The molecule has 0 spiro atoms. The summed E-state index contributed by atoms with van der Waals surface area (Å²) in [4.78, 5) is 26.0. The van der Waals surface area contributed by atoms with Gasteiger partial charge in [-0.2, -0.15) is 0 Å². The zero-order valence-electron chi connectivity index (χ0n) is 7.27. The number of hydrogen-bond acceptors (Lipinski definition) is 4. The molecule has 0 N–H and O–H groups in total. The summed E-state index contributed by atoms with van der Waals surface area (Å²) in [5.74, 6) is 0.262. The van der Waals surface area contributed by atoms with Gasteiger partial charge in [0.1, 0.15) is 5.75 Å². The molecule has 0 heterocycles. The van der Waals surface area contributed by atoms with Crippen LogP contribution in [0.15, 0.2) is 24.3 Å². The fourth-order valence-corrected chi connectivity index (χ4v) is 0.923. The van der Waals surface area contributed by atoms with E-state index in [1.54, 1.807) is 0 Å². The molecule has 6 heteroatoms. The summed E-state index contributed by atoms with van der Waals surface area (Å²) in [7, 11) is 1.25. The van der Waals surface area contributed by atoms with E-state index in [0.717, 1.165) is 0 Å². The van der Waals surface area contributed by atoms with Crippen molar-refractivity contribution in [2.24, 2.45) is 0 Å². The summed E-state index contributed by atoms with van der Waals surface area (Å²) >= 11 is 4.98. The van der Waals surface area contributed by atoms with E-state index in [4.69, 9.17) is 11.6 Å². The van der Waals surface area contributed by atoms with Gasteiger partial charge in [0.2, 0.25) is 0 Å². The van der Waals surface area contributed by atoms with E-state index in [-0.39, 0.29) is 5.75 Å². The fraction of sp³-hybridized carbons (Fsp3) is 0.125. The lowest BCUT2D eigenvalue weighted by Crippen LogP contribution is -1.99. The highest BCUT2D eigenvalue weighted by atomic mass is 35.5. The molecule has 0 aromatic heterocycles. The van der Waals surface area contributed by atoms with Crippen LogP contribution in [0.4, 0.5) is 10.5 Å². The molecule has 14 heavy (non-hydrogen) atoms. The second kappa shape index (κ2) is 4.57. The second-order valence-electron chi connectivity index (χ2n) is 2.27. The average molecular weight is 217 g/mol. The van der Waals surface area contributed by atoms with E-state index in [1.165, 1.54) is 31.4 Å². The van der Waals surface area contributed by atoms with E-state index in [9.17, 15) is 9.70 Å². The van der Waals surface area contributed by atoms with Crippen molar-refractivity contribution in [1.82, 2.24) is 0 Å². The normalized spacial score (nSPS) is 9.29. The monoisotopic (exact) mass is 216 g/mol. The van der Waals surface area contributed by atoms with Crippen LogP contribution < -0.4 is 4.74 Å². The van der Waals surface area contributed by atoms with E-state index in [2.05, 4.69) is 9.57 Å². The van der Waals surface area contributed by atoms with Gasteiger partial charge in [-0.1, -0.05) is 0 Å². The molecule has 1 aromatic rings. The Hall–Kier alpha value is -1.62. The number of halogens is 1. The predicted molar refractivity (Wildman–Crippen MR) is 48.6 cm³/mol. The lowest BCUT2D eigenvalue weighted by Gasteiger charge is -1.96. The van der Waals surface area contributed by atoms with Crippen molar-refractivity contribution in [2.45, 2.75) is 0 Å². The van der Waals surface area contributed by atoms with E-state index in [1.807, 2.05) is 0 Å². The predicted octanol–water partition coefficient (Wildman–Crippen LogP) is 2.40. The molecule has 0 aliphatic rings. The number of nitrogens with zero attached hydrogens (tertiary/aromatic N) is 1. The van der Waals surface area contributed by atoms with Gasteiger partial charge >= 0.3 is 11.1 Å². The van der Waals surface area contributed by atoms with Gasteiger partial charge in [-0.15, -0.1) is 0 Å². The van der Waals surface area contributed by atoms with Gasteiger partial charge in [0.15, 0.2) is 7.11 Å². The summed E-state index contributed by atoms with van der Waals surface area (Å²) in [6.45, 7) is 0. The zero-order chi connectivity index (χ0) is 10.6. The van der Waals surface area contributed by atoms with Gasteiger partial charge in [-0.3, -0.25) is 0 Å². The molecule has 74 valence electrons. The largest absolute Gasteiger partial charge is 0.414 e. The van der Waals surface area contributed by atoms with Gasteiger partial charge in [-0.05, 0) is 12.1 Å². The van der Waals surface area contributed by atoms with Gasteiger partial charge in [0.05, 0.1) is 4.91 Å². The van der Waals surface area contributed by atoms with E-state index < -0.39 is 5.43 Å². The Morgan fingerprint density at radius 3 is 2.36 bits per heavy atom. The van der Waals surface area contributed by atoms with Gasteiger partial charge in [0, 0.05) is 23.7 Å². The number of hydrogen-bond donors (Lipinski definition) is 0. The highest BCUT2D eigenvalue weighted by Gasteiger charge is 2.13. The topological polar surface area (TPSA) is 55.6 Å². The summed E-state index contributed by atoms with van der Waals surface area (Å²) in [6, 6.07) is 5.73. The van der Waals surface area contributed by atoms with Crippen molar-refractivity contribution in [2.75, 3.05) is 7.11 Å².